The van der Waals surface area contributed by atoms with Crippen LogP contribution < -0.4 is 10.3 Å². The second kappa shape index (κ2) is 10.6. The van der Waals surface area contributed by atoms with Crippen LogP contribution in [-0.2, 0) is 20.7 Å². The summed E-state index contributed by atoms with van der Waals surface area (Å²) in [6, 6.07) is 7.05. The SMILES string of the molecule is COC(=O)Cc1[nH]n(-c2ccc(OC)cc2)c(=O)c1C(C)=NCCCOC(C)C. The molecule has 0 amide bonds. The Morgan fingerprint density at radius 2 is 1.90 bits per heavy atom. The highest BCUT2D eigenvalue weighted by molar-refractivity contribution is 6.00. The van der Waals surface area contributed by atoms with Crippen LogP contribution in [0.1, 0.15) is 38.4 Å². The van der Waals surface area contributed by atoms with Gasteiger partial charge in [0.1, 0.15) is 5.75 Å². The summed E-state index contributed by atoms with van der Waals surface area (Å²) in [5.74, 6) is 0.247. The van der Waals surface area contributed by atoms with E-state index in [1.54, 1.807) is 38.3 Å². The van der Waals surface area contributed by atoms with Crippen molar-refractivity contribution in [3.05, 3.63) is 45.9 Å². The van der Waals surface area contributed by atoms with Crippen LogP contribution in [0.2, 0.25) is 0 Å². The standard InChI is InChI=1S/C21H29N3O5/c1-14(2)29-12-6-11-22-15(3)20-18(13-19(25)28-5)23-24(21(20)26)16-7-9-17(27-4)10-8-16/h7-10,14,23H,6,11-13H2,1-5H3. The Labute approximate surface area is 170 Å². The first-order chi connectivity index (χ1) is 13.9. The monoisotopic (exact) mass is 403 g/mol. The molecule has 1 N–H and O–H groups in total. The van der Waals surface area contributed by atoms with Gasteiger partial charge in [0.25, 0.3) is 5.56 Å². The number of hydrogen-bond acceptors (Lipinski definition) is 6. The summed E-state index contributed by atoms with van der Waals surface area (Å²) >= 11 is 0. The number of nitrogens with zero attached hydrogens (tertiary/aromatic N) is 2. The normalized spacial score (nSPS) is 11.7. The van der Waals surface area contributed by atoms with Crippen molar-refractivity contribution in [2.24, 2.45) is 4.99 Å². The van der Waals surface area contributed by atoms with Crippen molar-refractivity contribution in [2.75, 3.05) is 27.4 Å². The van der Waals surface area contributed by atoms with Crippen LogP contribution in [0.3, 0.4) is 0 Å². The van der Waals surface area contributed by atoms with E-state index in [4.69, 9.17) is 14.2 Å². The average molecular weight is 403 g/mol. The maximum atomic E-state index is 13.1. The van der Waals surface area contributed by atoms with E-state index < -0.39 is 5.97 Å². The van der Waals surface area contributed by atoms with Crippen molar-refractivity contribution in [1.82, 2.24) is 9.78 Å². The number of methoxy groups -OCH3 is 2. The Hall–Kier alpha value is -2.87. The molecule has 0 fully saturated rings. The zero-order valence-electron chi connectivity index (χ0n) is 17.7. The number of benzene rings is 1. The third-order valence-electron chi connectivity index (χ3n) is 4.31. The van der Waals surface area contributed by atoms with Crippen LogP contribution in [0.5, 0.6) is 5.75 Å². The van der Waals surface area contributed by atoms with Gasteiger partial charge in [0, 0.05) is 18.9 Å². The van der Waals surface area contributed by atoms with E-state index in [1.807, 2.05) is 13.8 Å². The smallest absolute Gasteiger partial charge is 0.311 e. The molecule has 0 spiro atoms. The summed E-state index contributed by atoms with van der Waals surface area (Å²) in [6.45, 7) is 6.87. The number of esters is 1. The van der Waals surface area contributed by atoms with Gasteiger partial charge in [0.15, 0.2) is 0 Å². The number of aliphatic imine (C=N–C) groups is 1. The molecule has 1 heterocycles. The summed E-state index contributed by atoms with van der Waals surface area (Å²) < 4.78 is 16.8. The van der Waals surface area contributed by atoms with E-state index in [0.717, 1.165) is 6.42 Å². The highest BCUT2D eigenvalue weighted by Crippen LogP contribution is 2.15. The van der Waals surface area contributed by atoms with Crippen LogP contribution in [0.25, 0.3) is 5.69 Å². The molecule has 29 heavy (non-hydrogen) atoms. The molecular formula is C21H29N3O5. The number of H-pyrrole nitrogens is 1. The summed E-state index contributed by atoms with van der Waals surface area (Å²) in [4.78, 5) is 29.4. The largest absolute Gasteiger partial charge is 0.497 e. The number of carbonyl (C=O) groups excluding carboxylic acids is 1. The van der Waals surface area contributed by atoms with Gasteiger partial charge >= 0.3 is 5.97 Å². The van der Waals surface area contributed by atoms with Gasteiger partial charge in [-0.25, -0.2) is 4.68 Å². The van der Waals surface area contributed by atoms with E-state index in [0.29, 0.717) is 41.6 Å². The third kappa shape index (κ3) is 6.05. The van der Waals surface area contributed by atoms with Gasteiger partial charge in [-0.1, -0.05) is 0 Å². The predicted molar refractivity (Wildman–Crippen MR) is 111 cm³/mol. The Balaban J connectivity index is 2.33. The highest BCUT2D eigenvalue weighted by atomic mass is 16.5. The second-order valence-electron chi connectivity index (χ2n) is 6.80. The fourth-order valence-corrected chi connectivity index (χ4v) is 2.82. The molecule has 0 bridgehead atoms. The molecule has 158 valence electrons. The highest BCUT2D eigenvalue weighted by Gasteiger charge is 2.20. The topological polar surface area (TPSA) is 94.9 Å². The third-order valence-corrected chi connectivity index (χ3v) is 4.31. The van der Waals surface area contributed by atoms with Gasteiger partial charge in [-0.05, 0) is 51.5 Å². The van der Waals surface area contributed by atoms with E-state index in [2.05, 4.69) is 10.1 Å². The summed E-state index contributed by atoms with van der Waals surface area (Å²) in [5.41, 5.74) is 1.79. The lowest BCUT2D eigenvalue weighted by atomic mass is 10.1. The van der Waals surface area contributed by atoms with Crippen LogP contribution in [0.4, 0.5) is 0 Å². The molecule has 0 aliphatic rings. The molecule has 0 radical (unpaired) electrons. The molecule has 0 atom stereocenters. The molecule has 2 aromatic rings. The maximum Gasteiger partial charge on any atom is 0.311 e. The van der Waals surface area contributed by atoms with E-state index >= 15 is 0 Å². The van der Waals surface area contributed by atoms with E-state index in [-0.39, 0.29) is 18.1 Å². The molecule has 0 unspecified atom stereocenters. The first kappa shape index (κ1) is 22.4. The molecule has 0 aliphatic heterocycles. The van der Waals surface area contributed by atoms with Gasteiger partial charge in [-0.2, -0.15) is 0 Å². The number of ether oxygens (including phenoxy) is 3. The first-order valence-corrected chi connectivity index (χ1v) is 9.55. The molecular weight excluding hydrogens is 374 g/mol. The van der Waals surface area contributed by atoms with E-state index in [9.17, 15) is 9.59 Å². The lowest BCUT2D eigenvalue weighted by Gasteiger charge is -2.06. The number of carbonyl (C=O) groups is 1. The molecule has 1 aromatic heterocycles. The lowest BCUT2D eigenvalue weighted by molar-refractivity contribution is -0.139. The zero-order valence-corrected chi connectivity index (χ0v) is 17.7. The fraction of sp³-hybridized carbons (Fsp3) is 0.476. The molecule has 8 nitrogen and oxygen atoms in total. The number of rotatable bonds is 10. The Morgan fingerprint density at radius 3 is 2.48 bits per heavy atom. The number of hydrogen-bond donors (Lipinski definition) is 1. The Kier molecular flexibility index (Phi) is 8.21. The molecule has 0 saturated carbocycles. The van der Waals surface area contributed by atoms with E-state index in [1.165, 1.54) is 11.8 Å². The number of nitrogens with one attached hydrogen (secondary N) is 1. The van der Waals surface area contributed by atoms with Crippen LogP contribution >= 0.6 is 0 Å². The van der Waals surface area contributed by atoms with Crippen molar-refractivity contribution in [3.8, 4) is 11.4 Å². The van der Waals surface area contributed by atoms with Crippen molar-refractivity contribution in [1.29, 1.82) is 0 Å². The summed E-state index contributed by atoms with van der Waals surface area (Å²) in [7, 11) is 2.89. The molecule has 2 rings (SSSR count). The van der Waals surface area contributed by atoms with Gasteiger partial charge in [0.2, 0.25) is 0 Å². The zero-order chi connectivity index (χ0) is 21.4. The van der Waals surface area contributed by atoms with Gasteiger partial charge in [-0.3, -0.25) is 19.7 Å². The minimum atomic E-state index is -0.437. The molecule has 8 heteroatoms. The van der Waals surface area contributed by atoms with Crippen LogP contribution in [0.15, 0.2) is 34.1 Å². The Bertz CT molecular complexity index is 894. The first-order valence-electron chi connectivity index (χ1n) is 9.55. The fourth-order valence-electron chi connectivity index (χ4n) is 2.82. The van der Waals surface area contributed by atoms with Crippen LogP contribution in [0, 0.1) is 0 Å². The van der Waals surface area contributed by atoms with Crippen molar-refractivity contribution >= 4 is 11.7 Å². The van der Waals surface area contributed by atoms with Crippen molar-refractivity contribution in [3.63, 3.8) is 0 Å². The van der Waals surface area contributed by atoms with Crippen molar-refractivity contribution in [2.45, 2.75) is 39.7 Å². The quantitative estimate of drug-likeness (QED) is 0.374. The molecule has 0 aliphatic carbocycles. The van der Waals surface area contributed by atoms with Gasteiger partial charge in [0.05, 0.1) is 43.7 Å². The minimum Gasteiger partial charge on any atom is -0.497 e. The molecule has 1 aromatic carbocycles. The van der Waals surface area contributed by atoms with Gasteiger partial charge < -0.3 is 14.2 Å². The lowest BCUT2D eigenvalue weighted by Crippen LogP contribution is -2.20. The Morgan fingerprint density at radius 1 is 1.21 bits per heavy atom. The van der Waals surface area contributed by atoms with Crippen LogP contribution in [-0.4, -0.2) is 54.9 Å². The van der Waals surface area contributed by atoms with Crippen molar-refractivity contribution < 1.29 is 19.0 Å². The summed E-state index contributed by atoms with van der Waals surface area (Å²) in [6.07, 6.45) is 0.875. The minimum absolute atomic E-state index is 0.0481. The van der Waals surface area contributed by atoms with Gasteiger partial charge in [-0.15, -0.1) is 0 Å². The maximum absolute atomic E-state index is 13.1. The number of aromatic nitrogens is 2. The number of aromatic amines is 1. The summed E-state index contributed by atoms with van der Waals surface area (Å²) in [5, 5.41) is 3.02. The predicted octanol–water partition coefficient (Wildman–Crippen LogP) is 2.51. The average Bonchev–Trinajstić information content (AvgIpc) is 3.03. The molecule has 0 saturated heterocycles. The second-order valence-corrected chi connectivity index (χ2v) is 6.80.